The van der Waals surface area contributed by atoms with Gasteiger partial charge in [0.25, 0.3) is 5.91 Å². The molecular formula is C26H30N4O2. The number of carbonyl (C=O) groups excluding carboxylic acids is 2. The van der Waals surface area contributed by atoms with Gasteiger partial charge in [-0.15, -0.1) is 0 Å². The van der Waals surface area contributed by atoms with E-state index in [0.717, 1.165) is 42.7 Å². The van der Waals surface area contributed by atoms with Crippen LogP contribution in [0.1, 0.15) is 59.9 Å². The molecule has 0 unspecified atom stereocenters. The van der Waals surface area contributed by atoms with Gasteiger partial charge in [0.15, 0.2) is 5.78 Å². The summed E-state index contributed by atoms with van der Waals surface area (Å²) < 4.78 is 1.92. The summed E-state index contributed by atoms with van der Waals surface area (Å²) in [7, 11) is 0. The second-order valence-electron chi connectivity index (χ2n) is 9.06. The molecule has 0 spiro atoms. The molecule has 1 amide bonds. The highest BCUT2D eigenvalue weighted by atomic mass is 16.2. The summed E-state index contributed by atoms with van der Waals surface area (Å²) in [5, 5.41) is 0. The van der Waals surface area contributed by atoms with Crippen LogP contribution < -0.4 is 0 Å². The van der Waals surface area contributed by atoms with Crippen LogP contribution in [0.5, 0.6) is 0 Å². The monoisotopic (exact) mass is 430 g/mol. The maximum absolute atomic E-state index is 13.1. The Morgan fingerprint density at radius 3 is 2.22 bits per heavy atom. The van der Waals surface area contributed by atoms with Gasteiger partial charge in [0.05, 0.1) is 0 Å². The number of piperidine rings is 2. The van der Waals surface area contributed by atoms with Gasteiger partial charge < -0.3 is 14.2 Å². The molecule has 0 atom stereocenters. The van der Waals surface area contributed by atoms with Crippen molar-refractivity contribution < 1.29 is 9.59 Å². The Morgan fingerprint density at radius 2 is 1.53 bits per heavy atom. The molecule has 0 saturated carbocycles. The van der Waals surface area contributed by atoms with Crippen molar-refractivity contribution in [3.8, 4) is 11.1 Å². The summed E-state index contributed by atoms with van der Waals surface area (Å²) >= 11 is 0. The molecule has 2 saturated heterocycles. The largest absolute Gasteiger partial charge is 0.337 e. The number of aromatic nitrogens is 2. The van der Waals surface area contributed by atoms with Gasteiger partial charge in [0.1, 0.15) is 11.3 Å². The SMILES string of the molecule is CC(=O)c1ccc(-c2ccc3nc(C(=O)N4CCC(N5CCCCC5)CC4)cn3c2)cc1. The van der Waals surface area contributed by atoms with Crippen molar-refractivity contribution in [3.63, 3.8) is 0 Å². The summed E-state index contributed by atoms with van der Waals surface area (Å²) in [6.07, 6.45) is 9.91. The molecule has 32 heavy (non-hydrogen) atoms. The van der Waals surface area contributed by atoms with Gasteiger partial charge in [-0.05, 0) is 69.0 Å². The maximum Gasteiger partial charge on any atom is 0.274 e. The molecule has 0 N–H and O–H groups in total. The number of nitrogens with zero attached hydrogens (tertiary/aromatic N) is 4. The average Bonchev–Trinajstić information content (AvgIpc) is 3.28. The van der Waals surface area contributed by atoms with Gasteiger partial charge in [-0.1, -0.05) is 30.7 Å². The van der Waals surface area contributed by atoms with E-state index in [9.17, 15) is 9.59 Å². The van der Waals surface area contributed by atoms with Crippen LogP contribution in [0.25, 0.3) is 16.8 Å². The molecular weight excluding hydrogens is 400 g/mol. The first kappa shape index (κ1) is 20.9. The van der Waals surface area contributed by atoms with Crippen LogP contribution in [0.3, 0.4) is 0 Å². The number of pyridine rings is 1. The highest BCUT2D eigenvalue weighted by Crippen LogP contribution is 2.24. The van der Waals surface area contributed by atoms with Crippen molar-refractivity contribution >= 4 is 17.3 Å². The number of carbonyl (C=O) groups is 2. The summed E-state index contributed by atoms with van der Waals surface area (Å²) in [6.45, 7) is 5.61. The molecule has 2 aliphatic rings. The van der Waals surface area contributed by atoms with Crippen molar-refractivity contribution in [2.24, 2.45) is 0 Å². The molecule has 6 heteroatoms. The number of likely N-dealkylation sites (tertiary alicyclic amines) is 2. The Labute approximate surface area is 188 Å². The van der Waals surface area contributed by atoms with Crippen molar-refractivity contribution in [1.29, 1.82) is 0 Å². The van der Waals surface area contributed by atoms with E-state index < -0.39 is 0 Å². The molecule has 1 aromatic carbocycles. The predicted octanol–water partition coefficient (Wildman–Crippen LogP) is 4.29. The van der Waals surface area contributed by atoms with Crippen molar-refractivity contribution in [1.82, 2.24) is 19.2 Å². The smallest absolute Gasteiger partial charge is 0.274 e. The summed E-state index contributed by atoms with van der Waals surface area (Å²) in [5.74, 6) is 0.0860. The highest BCUT2D eigenvalue weighted by Gasteiger charge is 2.28. The summed E-state index contributed by atoms with van der Waals surface area (Å²) in [4.78, 5) is 33.8. The molecule has 2 aromatic heterocycles. The summed E-state index contributed by atoms with van der Waals surface area (Å²) in [6, 6.07) is 12.2. The van der Waals surface area contributed by atoms with Crippen LogP contribution in [-0.2, 0) is 0 Å². The van der Waals surface area contributed by atoms with E-state index in [4.69, 9.17) is 0 Å². The van der Waals surface area contributed by atoms with Crippen LogP contribution in [0.2, 0.25) is 0 Å². The second kappa shape index (κ2) is 8.87. The van der Waals surface area contributed by atoms with Crippen LogP contribution in [0.15, 0.2) is 48.8 Å². The van der Waals surface area contributed by atoms with Gasteiger partial charge in [0.2, 0.25) is 0 Å². The van der Waals surface area contributed by atoms with Crippen LogP contribution in [0.4, 0.5) is 0 Å². The minimum Gasteiger partial charge on any atom is -0.337 e. The third kappa shape index (κ3) is 4.19. The Balaban J connectivity index is 1.28. The number of amides is 1. The number of fused-ring (bicyclic) bond motifs is 1. The lowest BCUT2D eigenvalue weighted by atomic mass is 10.00. The number of ketones is 1. The molecule has 0 aliphatic carbocycles. The Bertz CT molecular complexity index is 1120. The first-order valence-electron chi connectivity index (χ1n) is 11.7. The number of imidazole rings is 1. The lowest BCUT2D eigenvalue weighted by Crippen LogP contribution is -2.48. The summed E-state index contributed by atoms with van der Waals surface area (Å²) in [5.41, 5.74) is 4.02. The number of hydrogen-bond acceptors (Lipinski definition) is 4. The van der Waals surface area contributed by atoms with Crippen LogP contribution in [-0.4, -0.2) is 63.1 Å². The van der Waals surface area contributed by atoms with E-state index in [-0.39, 0.29) is 11.7 Å². The molecule has 3 aromatic rings. The molecule has 2 aliphatic heterocycles. The van der Waals surface area contributed by atoms with Gasteiger partial charge in [-0.2, -0.15) is 0 Å². The fourth-order valence-corrected chi connectivity index (χ4v) is 5.04. The standard InChI is InChI=1S/C26H30N4O2/c1-19(31)20-5-7-21(8-6-20)22-9-10-25-27-24(18-30(25)17-22)26(32)29-15-11-23(12-16-29)28-13-3-2-4-14-28/h5-10,17-18,23H,2-4,11-16H2,1H3. The molecule has 0 bridgehead atoms. The Hall–Kier alpha value is -2.99. The minimum absolute atomic E-state index is 0.0261. The number of benzene rings is 1. The third-order valence-corrected chi connectivity index (χ3v) is 6.95. The zero-order chi connectivity index (χ0) is 22.1. The van der Waals surface area contributed by atoms with Gasteiger partial charge in [-0.3, -0.25) is 9.59 Å². The molecule has 0 radical (unpaired) electrons. The zero-order valence-electron chi connectivity index (χ0n) is 18.7. The lowest BCUT2D eigenvalue weighted by molar-refractivity contribution is 0.0585. The predicted molar refractivity (Wildman–Crippen MR) is 125 cm³/mol. The molecule has 166 valence electrons. The third-order valence-electron chi connectivity index (χ3n) is 6.95. The second-order valence-corrected chi connectivity index (χ2v) is 9.06. The Kier molecular flexibility index (Phi) is 5.79. The molecule has 2 fully saturated rings. The quantitative estimate of drug-likeness (QED) is 0.579. The number of Topliss-reactive ketones (excluding diaryl/α,β-unsaturated/α-hetero) is 1. The lowest BCUT2D eigenvalue weighted by Gasteiger charge is -2.40. The maximum atomic E-state index is 13.1. The van der Waals surface area contributed by atoms with Crippen molar-refractivity contribution in [2.75, 3.05) is 26.2 Å². The number of rotatable bonds is 4. The van der Waals surface area contributed by atoms with E-state index in [2.05, 4.69) is 9.88 Å². The van der Waals surface area contributed by atoms with Crippen LogP contribution >= 0.6 is 0 Å². The van der Waals surface area contributed by atoms with E-state index in [1.807, 2.05) is 58.1 Å². The van der Waals surface area contributed by atoms with E-state index >= 15 is 0 Å². The number of hydrogen-bond donors (Lipinski definition) is 0. The average molecular weight is 431 g/mol. The van der Waals surface area contributed by atoms with Crippen LogP contribution in [0, 0.1) is 0 Å². The van der Waals surface area contributed by atoms with E-state index in [0.29, 0.717) is 17.3 Å². The Morgan fingerprint density at radius 1 is 0.844 bits per heavy atom. The van der Waals surface area contributed by atoms with Gasteiger partial charge in [-0.25, -0.2) is 4.98 Å². The zero-order valence-corrected chi connectivity index (χ0v) is 18.7. The van der Waals surface area contributed by atoms with E-state index in [1.165, 1.54) is 32.4 Å². The van der Waals surface area contributed by atoms with Crippen molar-refractivity contribution in [2.45, 2.75) is 45.1 Å². The first-order chi connectivity index (χ1) is 15.6. The fourth-order valence-electron chi connectivity index (χ4n) is 5.04. The molecule has 5 rings (SSSR count). The normalized spacial score (nSPS) is 18.2. The molecule has 6 nitrogen and oxygen atoms in total. The fraction of sp³-hybridized carbons (Fsp3) is 0.423. The van der Waals surface area contributed by atoms with Gasteiger partial charge in [0, 0.05) is 37.1 Å². The van der Waals surface area contributed by atoms with Gasteiger partial charge >= 0.3 is 0 Å². The van der Waals surface area contributed by atoms with Crippen molar-refractivity contribution in [3.05, 3.63) is 60.0 Å². The van der Waals surface area contributed by atoms with E-state index in [1.54, 1.807) is 6.92 Å². The topological polar surface area (TPSA) is 57.9 Å². The minimum atomic E-state index is 0.0261. The highest BCUT2D eigenvalue weighted by molar-refractivity contribution is 5.94. The first-order valence-corrected chi connectivity index (χ1v) is 11.7. The molecule has 4 heterocycles.